The Morgan fingerprint density at radius 1 is 1.39 bits per heavy atom. The van der Waals surface area contributed by atoms with Gasteiger partial charge in [0, 0.05) is 13.0 Å². The second-order valence-corrected chi connectivity index (χ2v) is 4.71. The van der Waals surface area contributed by atoms with Crippen LogP contribution in [0.3, 0.4) is 0 Å². The summed E-state index contributed by atoms with van der Waals surface area (Å²) in [5.74, 6) is 0.913. The largest absolute Gasteiger partial charge is 0.493 e. The van der Waals surface area contributed by atoms with Gasteiger partial charge in [-0.3, -0.25) is 0 Å². The lowest BCUT2D eigenvalue weighted by Crippen LogP contribution is -2.07. The van der Waals surface area contributed by atoms with E-state index in [0.29, 0.717) is 13.0 Å². The molecule has 2 rings (SSSR count). The van der Waals surface area contributed by atoms with Gasteiger partial charge in [0.1, 0.15) is 12.4 Å². The smallest absolute Gasteiger partial charge is 0.261 e. The van der Waals surface area contributed by atoms with Crippen molar-refractivity contribution in [2.75, 3.05) is 19.8 Å². The van der Waals surface area contributed by atoms with E-state index in [2.05, 4.69) is 0 Å². The van der Waals surface area contributed by atoms with E-state index in [9.17, 15) is 8.78 Å². The van der Waals surface area contributed by atoms with E-state index in [-0.39, 0.29) is 12.0 Å². The molecule has 0 aliphatic carbocycles. The van der Waals surface area contributed by atoms with E-state index in [1.807, 2.05) is 18.2 Å². The maximum atomic E-state index is 11.9. The second kappa shape index (κ2) is 6.34. The molecule has 0 spiro atoms. The Kier molecular flexibility index (Phi) is 4.78. The van der Waals surface area contributed by atoms with Crippen LogP contribution in [0.1, 0.15) is 22.9 Å². The zero-order valence-corrected chi connectivity index (χ0v) is 10.6. The molecule has 1 heterocycles. The SMILES string of the molecule is FC(F)COCCC(Cl)c1ccc2c(c1)CCO2. The highest BCUT2D eigenvalue weighted by Crippen LogP contribution is 2.31. The first-order chi connectivity index (χ1) is 8.66. The van der Waals surface area contributed by atoms with Gasteiger partial charge in [-0.15, -0.1) is 11.6 Å². The second-order valence-electron chi connectivity index (χ2n) is 4.19. The molecule has 5 heteroatoms. The van der Waals surface area contributed by atoms with Crippen LogP contribution in [0.2, 0.25) is 0 Å². The van der Waals surface area contributed by atoms with Crippen LogP contribution in [0, 0.1) is 0 Å². The molecule has 0 fully saturated rings. The zero-order valence-electron chi connectivity index (χ0n) is 9.87. The first kappa shape index (κ1) is 13.6. The Bertz CT molecular complexity index is 399. The van der Waals surface area contributed by atoms with Crippen molar-refractivity contribution in [2.24, 2.45) is 0 Å². The molecule has 1 atom stereocenters. The van der Waals surface area contributed by atoms with Gasteiger partial charge in [-0.2, -0.15) is 0 Å². The molecular formula is C13H15ClF2O2. The van der Waals surface area contributed by atoms with E-state index in [0.717, 1.165) is 23.3 Å². The Labute approximate surface area is 110 Å². The maximum absolute atomic E-state index is 11.9. The lowest BCUT2D eigenvalue weighted by atomic mass is 10.0. The van der Waals surface area contributed by atoms with Crippen molar-refractivity contribution >= 4 is 11.6 Å². The van der Waals surface area contributed by atoms with Gasteiger partial charge in [0.15, 0.2) is 0 Å². The molecule has 0 aromatic heterocycles. The van der Waals surface area contributed by atoms with Gasteiger partial charge in [0.2, 0.25) is 0 Å². The zero-order chi connectivity index (χ0) is 13.0. The van der Waals surface area contributed by atoms with E-state index < -0.39 is 13.0 Å². The maximum Gasteiger partial charge on any atom is 0.261 e. The molecule has 1 aliphatic heterocycles. The standard InChI is InChI=1S/C13H15ClF2O2/c14-11(4-5-17-8-13(15)16)9-1-2-12-10(7-9)3-6-18-12/h1-2,7,11,13H,3-6,8H2. The molecule has 18 heavy (non-hydrogen) atoms. The molecule has 0 bridgehead atoms. The Hall–Kier alpha value is -0.870. The monoisotopic (exact) mass is 276 g/mol. The normalized spacial score (nSPS) is 15.6. The Balaban J connectivity index is 1.83. The summed E-state index contributed by atoms with van der Waals surface area (Å²) in [5, 5.41) is -0.214. The molecule has 100 valence electrons. The van der Waals surface area contributed by atoms with E-state index in [1.165, 1.54) is 0 Å². The third-order valence-corrected chi connectivity index (χ3v) is 3.30. The average Bonchev–Trinajstić information content (AvgIpc) is 2.81. The summed E-state index contributed by atoms with van der Waals surface area (Å²) >= 11 is 6.21. The number of halogens is 3. The van der Waals surface area contributed by atoms with Gasteiger partial charge in [-0.25, -0.2) is 8.78 Å². The van der Waals surface area contributed by atoms with Gasteiger partial charge in [0.25, 0.3) is 6.43 Å². The van der Waals surface area contributed by atoms with E-state index in [4.69, 9.17) is 21.1 Å². The van der Waals surface area contributed by atoms with Gasteiger partial charge < -0.3 is 9.47 Å². The van der Waals surface area contributed by atoms with E-state index in [1.54, 1.807) is 0 Å². The van der Waals surface area contributed by atoms with Crippen LogP contribution in [0.25, 0.3) is 0 Å². The molecule has 1 aliphatic rings. The van der Waals surface area contributed by atoms with Crippen LogP contribution >= 0.6 is 11.6 Å². The number of alkyl halides is 3. The third kappa shape index (κ3) is 3.56. The summed E-state index contributed by atoms with van der Waals surface area (Å²) in [6.45, 7) is 0.428. The number of ether oxygens (including phenoxy) is 2. The minimum Gasteiger partial charge on any atom is -0.493 e. The molecule has 0 N–H and O–H groups in total. The molecule has 0 saturated heterocycles. The van der Waals surface area contributed by atoms with Crippen molar-refractivity contribution in [2.45, 2.75) is 24.6 Å². The summed E-state index contributed by atoms with van der Waals surface area (Å²) < 4.78 is 33.9. The van der Waals surface area contributed by atoms with Crippen molar-refractivity contribution < 1.29 is 18.3 Å². The predicted molar refractivity (Wildman–Crippen MR) is 65.7 cm³/mol. The molecule has 2 nitrogen and oxygen atoms in total. The van der Waals surface area contributed by atoms with Crippen molar-refractivity contribution in [3.63, 3.8) is 0 Å². The number of fused-ring (bicyclic) bond motifs is 1. The van der Waals surface area contributed by atoms with Crippen LogP contribution < -0.4 is 4.74 Å². The quantitative estimate of drug-likeness (QED) is 0.584. The molecule has 1 unspecified atom stereocenters. The van der Waals surface area contributed by atoms with Crippen LogP contribution in [-0.4, -0.2) is 26.2 Å². The van der Waals surface area contributed by atoms with Gasteiger partial charge in [0.05, 0.1) is 12.0 Å². The fourth-order valence-corrected chi connectivity index (χ4v) is 2.15. The molecule has 1 aromatic carbocycles. The fraction of sp³-hybridized carbons (Fsp3) is 0.538. The Morgan fingerprint density at radius 3 is 3.00 bits per heavy atom. The highest BCUT2D eigenvalue weighted by atomic mass is 35.5. The number of benzene rings is 1. The highest BCUT2D eigenvalue weighted by molar-refractivity contribution is 6.20. The van der Waals surface area contributed by atoms with Crippen molar-refractivity contribution in [3.05, 3.63) is 29.3 Å². The minimum absolute atomic E-state index is 0.214. The topological polar surface area (TPSA) is 18.5 Å². The molecule has 0 radical (unpaired) electrons. The first-order valence-corrected chi connectivity index (χ1v) is 6.36. The summed E-state index contributed by atoms with van der Waals surface area (Å²) in [7, 11) is 0. The van der Waals surface area contributed by atoms with Crippen molar-refractivity contribution in [1.29, 1.82) is 0 Å². The molecule has 0 amide bonds. The lowest BCUT2D eigenvalue weighted by molar-refractivity contribution is 0.0165. The van der Waals surface area contributed by atoms with Crippen molar-refractivity contribution in [1.82, 2.24) is 0 Å². The van der Waals surface area contributed by atoms with Crippen LogP contribution in [0.15, 0.2) is 18.2 Å². The average molecular weight is 277 g/mol. The minimum atomic E-state index is -2.42. The van der Waals surface area contributed by atoms with Gasteiger partial charge in [-0.05, 0) is 23.6 Å². The summed E-state index contributed by atoms with van der Waals surface area (Å²) in [6, 6.07) is 5.84. The van der Waals surface area contributed by atoms with Gasteiger partial charge >= 0.3 is 0 Å². The van der Waals surface area contributed by atoms with Crippen molar-refractivity contribution in [3.8, 4) is 5.75 Å². The first-order valence-electron chi connectivity index (χ1n) is 5.92. The molecular weight excluding hydrogens is 262 g/mol. The number of rotatable bonds is 6. The summed E-state index contributed by atoms with van der Waals surface area (Å²) in [5.41, 5.74) is 2.15. The highest BCUT2D eigenvalue weighted by Gasteiger charge is 2.15. The lowest BCUT2D eigenvalue weighted by Gasteiger charge is -2.11. The summed E-state index contributed by atoms with van der Waals surface area (Å²) in [6.07, 6.45) is -1.00. The molecule has 0 saturated carbocycles. The van der Waals surface area contributed by atoms with Crippen LogP contribution in [-0.2, 0) is 11.2 Å². The van der Waals surface area contributed by atoms with Gasteiger partial charge in [-0.1, -0.05) is 12.1 Å². The predicted octanol–water partition coefficient (Wildman–Crippen LogP) is 3.57. The van der Waals surface area contributed by atoms with E-state index >= 15 is 0 Å². The summed E-state index contributed by atoms with van der Waals surface area (Å²) in [4.78, 5) is 0. The number of hydrogen-bond acceptors (Lipinski definition) is 2. The number of hydrogen-bond donors (Lipinski definition) is 0. The van der Waals surface area contributed by atoms with Crippen LogP contribution in [0.5, 0.6) is 5.75 Å². The molecule has 1 aromatic rings. The van der Waals surface area contributed by atoms with Crippen LogP contribution in [0.4, 0.5) is 8.78 Å². The Morgan fingerprint density at radius 2 is 2.22 bits per heavy atom. The fourth-order valence-electron chi connectivity index (χ4n) is 1.93. The third-order valence-electron chi connectivity index (χ3n) is 2.83.